The fraction of sp³-hybridized carbons (Fsp3) is 1.00. The molecular weight excluding hydrogens is 184 g/mol. The van der Waals surface area contributed by atoms with Crippen molar-refractivity contribution in [3.63, 3.8) is 0 Å². The van der Waals surface area contributed by atoms with Crippen molar-refractivity contribution in [2.45, 2.75) is 72.0 Å². The van der Waals surface area contributed by atoms with Crippen molar-refractivity contribution in [2.75, 3.05) is 0 Å². The summed E-state index contributed by atoms with van der Waals surface area (Å²) in [5, 5.41) is 0. The predicted octanol–water partition coefficient (Wildman–Crippen LogP) is 4.02. The fourth-order valence-electron chi connectivity index (χ4n) is 3.49. The van der Waals surface area contributed by atoms with E-state index in [4.69, 9.17) is 4.74 Å². The SMILES string of the molecule is CC(C)CC1O[C@@]2(C)CCC1(C)CC2C. The maximum atomic E-state index is 6.40. The number of ether oxygens (including phenoxy) is 1. The van der Waals surface area contributed by atoms with Gasteiger partial charge in [-0.05, 0) is 49.9 Å². The lowest BCUT2D eigenvalue weighted by Crippen LogP contribution is -2.58. The maximum absolute atomic E-state index is 6.40. The van der Waals surface area contributed by atoms with Gasteiger partial charge in [0, 0.05) is 0 Å². The highest BCUT2D eigenvalue weighted by Gasteiger charge is 2.54. The molecule has 0 aromatic rings. The van der Waals surface area contributed by atoms with Crippen LogP contribution in [-0.2, 0) is 4.74 Å². The molecule has 15 heavy (non-hydrogen) atoms. The lowest BCUT2D eigenvalue weighted by molar-refractivity contribution is -0.249. The minimum absolute atomic E-state index is 0.178. The standard InChI is InChI=1S/C14H26O/c1-10(2)8-12-13(4)6-7-14(5,15-12)11(3)9-13/h10-12H,6-9H2,1-5H3/t11?,12?,13?,14-/m0/s1. The molecule has 2 saturated heterocycles. The van der Waals surface area contributed by atoms with E-state index in [1.807, 2.05) is 0 Å². The molecule has 0 amide bonds. The van der Waals surface area contributed by atoms with Crippen LogP contribution < -0.4 is 0 Å². The Kier molecular flexibility index (Phi) is 2.65. The van der Waals surface area contributed by atoms with Crippen LogP contribution in [0.1, 0.15) is 60.3 Å². The number of fused-ring (bicyclic) bond motifs is 3. The predicted molar refractivity (Wildman–Crippen MR) is 63.9 cm³/mol. The third-order valence-electron chi connectivity index (χ3n) is 4.88. The summed E-state index contributed by atoms with van der Waals surface area (Å²) in [5.41, 5.74) is 0.638. The summed E-state index contributed by atoms with van der Waals surface area (Å²) in [7, 11) is 0. The Morgan fingerprint density at radius 1 is 1.27 bits per heavy atom. The first-order valence-corrected chi connectivity index (χ1v) is 6.53. The second-order valence-electron chi connectivity index (χ2n) is 6.81. The van der Waals surface area contributed by atoms with Crippen molar-refractivity contribution in [2.24, 2.45) is 17.3 Å². The summed E-state index contributed by atoms with van der Waals surface area (Å²) in [6.07, 6.45) is 5.73. The normalized spacial score (nSPS) is 50.0. The summed E-state index contributed by atoms with van der Waals surface area (Å²) < 4.78 is 6.40. The summed E-state index contributed by atoms with van der Waals surface area (Å²) >= 11 is 0. The Labute approximate surface area is 94.6 Å². The number of hydrogen-bond donors (Lipinski definition) is 0. The molecule has 1 heteroatoms. The molecule has 3 rings (SSSR count). The largest absolute Gasteiger partial charge is 0.371 e. The van der Waals surface area contributed by atoms with Crippen LogP contribution in [0.2, 0.25) is 0 Å². The summed E-state index contributed by atoms with van der Waals surface area (Å²) in [4.78, 5) is 0. The van der Waals surface area contributed by atoms with Crippen molar-refractivity contribution < 1.29 is 4.74 Å². The van der Waals surface area contributed by atoms with E-state index in [9.17, 15) is 0 Å². The molecule has 1 aliphatic carbocycles. The quantitative estimate of drug-likeness (QED) is 0.669. The first-order chi connectivity index (χ1) is 6.86. The van der Waals surface area contributed by atoms with Gasteiger partial charge in [0.2, 0.25) is 0 Å². The lowest BCUT2D eigenvalue weighted by Gasteiger charge is -2.59. The van der Waals surface area contributed by atoms with Crippen molar-refractivity contribution in [3.8, 4) is 0 Å². The van der Waals surface area contributed by atoms with Crippen molar-refractivity contribution in [1.82, 2.24) is 0 Å². The van der Waals surface area contributed by atoms with Crippen LogP contribution in [0.4, 0.5) is 0 Å². The van der Waals surface area contributed by atoms with Crippen LogP contribution in [0.3, 0.4) is 0 Å². The highest BCUT2D eigenvalue weighted by Crippen LogP contribution is 2.55. The zero-order valence-corrected chi connectivity index (χ0v) is 11.0. The minimum atomic E-state index is 0.178. The van der Waals surface area contributed by atoms with Gasteiger partial charge in [-0.3, -0.25) is 0 Å². The third-order valence-corrected chi connectivity index (χ3v) is 4.88. The first kappa shape index (κ1) is 11.4. The van der Waals surface area contributed by atoms with E-state index in [2.05, 4.69) is 34.6 Å². The van der Waals surface area contributed by atoms with E-state index in [1.54, 1.807) is 0 Å². The van der Waals surface area contributed by atoms with Gasteiger partial charge in [0.05, 0.1) is 11.7 Å². The Bertz CT molecular complexity index is 248. The van der Waals surface area contributed by atoms with Gasteiger partial charge in [0.15, 0.2) is 0 Å². The summed E-state index contributed by atoms with van der Waals surface area (Å²) in [6, 6.07) is 0. The van der Waals surface area contributed by atoms with Gasteiger partial charge < -0.3 is 4.74 Å². The zero-order valence-electron chi connectivity index (χ0n) is 11.0. The molecule has 3 unspecified atom stereocenters. The van der Waals surface area contributed by atoms with E-state index in [1.165, 1.54) is 25.7 Å². The van der Waals surface area contributed by atoms with Crippen LogP contribution in [0.25, 0.3) is 0 Å². The topological polar surface area (TPSA) is 9.23 Å². The van der Waals surface area contributed by atoms with Crippen LogP contribution in [0, 0.1) is 17.3 Å². The van der Waals surface area contributed by atoms with Crippen molar-refractivity contribution in [3.05, 3.63) is 0 Å². The number of hydrogen-bond acceptors (Lipinski definition) is 1. The van der Waals surface area contributed by atoms with Gasteiger partial charge in [0.1, 0.15) is 0 Å². The highest BCUT2D eigenvalue weighted by molar-refractivity contribution is 5.03. The second-order valence-corrected chi connectivity index (χ2v) is 6.81. The smallest absolute Gasteiger partial charge is 0.0684 e. The van der Waals surface area contributed by atoms with E-state index >= 15 is 0 Å². The van der Waals surface area contributed by atoms with Gasteiger partial charge in [-0.2, -0.15) is 0 Å². The molecule has 3 aliphatic rings. The molecule has 2 aliphatic heterocycles. The molecule has 0 radical (unpaired) electrons. The molecule has 2 heterocycles. The zero-order chi connectivity index (χ0) is 11.3. The van der Waals surface area contributed by atoms with Crippen LogP contribution >= 0.6 is 0 Å². The maximum Gasteiger partial charge on any atom is 0.0684 e. The van der Waals surface area contributed by atoms with E-state index in [-0.39, 0.29) is 5.60 Å². The second kappa shape index (κ2) is 3.48. The third kappa shape index (κ3) is 1.84. The fourth-order valence-corrected chi connectivity index (χ4v) is 3.49. The monoisotopic (exact) mass is 210 g/mol. The van der Waals surface area contributed by atoms with E-state index in [0.717, 1.165) is 11.8 Å². The highest BCUT2D eigenvalue weighted by atomic mass is 16.5. The Morgan fingerprint density at radius 2 is 1.93 bits per heavy atom. The van der Waals surface area contributed by atoms with Gasteiger partial charge in [-0.1, -0.05) is 27.7 Å². The molecule has 1 saturated carbocycles. The summed E-state index contributed by atoms with van der Waals surface area (Å²) in [6.45, 7) is 11.7. The van der Waals surface area contributed by atoms with Crippen LogP contribution in [0.5, 0.6) is 0 Å². The molecule has 88 valence electrons. The molecule has 2 bridgehead atoms. The van der Waals surface area contributed by atoms with Gasteiger partial charge in [-0.25, -0.2) is 0 Å². The molecule has 4 atom stereocenters. The lowest BCUT2D eigenvalue weighted by atomic mass is 9.58. The molecule has 0 aromatic carbocycles. The molecular formula is C14H26O. The minimum Gasteiger partial charge on any atom is -0.371 e. The average Bonchev–Trinajstić information content (AvgIpc) is 2.09. The van der Waals surface area contributed by atoms with Gasteiger partial charge in [0.25, 0.3) is 0 Å². The van der Waals surface area contributed by atoms with Crippen molar-refractivity contribution in [1.29, 1.82) is 0 Å². The summed E-state index contributed by atoms with van der Waals surface area (Å²) in [5.74, 6) is 1.49. The molecule has 0 spiro atoms. The first-order valence-electron chi connectivity index (χ1n) is 6.53. The van der Waals surface area contributed by atoms with Crippen LogP contribution in [-0.4, -0.2) is 11.7 Å². The molecule has 0 aromatic heterocycles. The Balaban J connectivity index is 2.16. The van der Waals surface area contributed by atoms with Crippen LogP contribution in [0.15, 0.2) is 0 Å². The Hall–Kier alpha value is -0.0400. The molecule has 0 N–H and O–H groups in total. The van der Waals surface area contributed by atoms with E-state index < -0.39 is 0 Å². The van der Waals surface area contributed by atoms with Crippen molar-refractivity contribution >= 4 is 0 Å². The van der Waals surface area contributed by atoms with Gasteiger partial charge in [-0.15, -0.1) is 0 Å². The average molecular weight is 210 g/mol. The molecule has 3 fully saturated rings. The number of rotatable bonds is 2. The molecule has 1 nitrogen and oxygen atoms in total. The Morgan fingerprint density at radius 3 is 2.47 bits per heavy atom. The van der Waals surface area contributed by atoms with E-state index in [0.29, 0.717) is 11.5 Å². The van der Waals surface area contributed by atoms with Gasteiger partial charge >= 0.3 is 0 Å².